The highest BCUT2D eigenvalue weighted by molar-refractivity contribution is 5.87. The second kappa shape index (κ2) is 5.92. The summed E-state index contributed by atoms with van der Waals surface area (Å²) in [6.45, 7) is -0.490. The number of azide groups is 1. The van der Waals surface area contributed by atoms with Gasteiger partial charge in [0.1, 0.15) is 11.8 Å². The molecular weight excluding hydrogens is 247 g/mol. The average Bonchev–Trinajstić information content (AvgIpc) is 2.35. The lowest BCUT2D eigenvalue weighted by molar-refractivity contribution is 0.0192. The van der Waals surface area contributed by atoms with Gasteiger partial charge in [-0.1, -0.05) is 5.11 Å². The maximum Gasteiger partial charge on any atom is 0.338 e. The molecule has 18 heavy (non-hydrogen) atoms. The SMILES string of the molecule is [N-]=[N+]=NCC(O)C(O)c1nccc(C(=O)O)c1F. The molecule has 2 unspecified atom stereocenters. The molecule has 2 atom stereocenters. The number of rotatable bonds is 5. The van der Waals surface area contributed by atoms with Gasteiger partial charge >= 0.3 is 5.97 Å². The summed E-state index contributed by atoms with van der Waals surface area (Å²) in [7, 11) is 0. The summed E-state index contributed by atoms with van der Waals surface area (Å²) in [6.07, 6.45) is -2.37. The van der Waals surface area contributed by atoms with E-state index < -0.39 is 41.8 Å². The van der Waals surface area contributed by atoms with Crippen molar-refractivity contribution in [3.63, 3.8) is 0 Å². The summed E-state index contributed by atoms with van der Waals surface area (Å²) in [6, 6.07) is 0.924. The summed E-state index contributed by atoms with van der Waals surface area (Å²) in [4.78, 5) is 16.5. The Bertz CT molecular complexity index is 503. The van der Waals surface area contributed by atoms with Crippen LogP contribution >= 0.6 is 0 Å². The van der Waals surface area contributed by atoms with E-state index >= 15 is 0 Å². The molecule has 0 fully saturated rings. The lowest BCUT2D eigenvalue weighted by atomic mass is 10.1. The molecule has 96 valence electrons. The third kappa shape index (κ3) is 2.92. The van der Waals surface area contributed by atoms with Crippen LogP contribution in [0.2, 0.25) is 0 Å². The zero-order chi connectivity index (χ0) is 13.7. The molecule has 1 aromatic rings. The average molecular weight is 256 g/mol. The Kier molecular flexibility index (Phi) is 4.55. The van der Waals surface area contributed by atoms with E-state index in [1.807, 2.05) is 0 Å². The molecule has 0 aliphatic carbocycles. The highest BCUT2D eigenvalue weighted by atomic mass is 19.1. The van der Waals surface area contributed by atoms with Gasteiger partial charge in [-0.3, -0.25) is 4.98 Å². The van der Waals surface area contributed by atoms with E-state index in [1.54, 1.807) is 0 Å². The zero-order valence-electron chi connectivity index (χ0n) is 8.93. The molecule has 0 amide bonds. The Labute approximate surface area is 100.0 Å². The number of pyridine rings is 1. The van der Waals surface area contributed by atoms with Crippen LogP contribution in [0.15, 0.2) is 17.4 Å². The number of nitrogens with zero attached hydrogens (tertiary/aromatic N) is 4. The summed E-state index contributed by atoms with van der Waals surface area (Å²) in [5.74, 6) is -2.76. The van der Waals surface area contributed by atoms with Gasteiger partial charge in [0.15, 0.2) is 5.82 Å². The van der Waals surface area contributed by atoms with E-state index in [-0.39, 0.29) is 0 Å². The Hall–Kier alpha value is -2.22. The molecule has 0 saturated heterocycles. The quantitative estimate of drug-likeness (QED) is 0.402. The first kappa shape index (κ1) is 13.8. The molecule has 0 radical (unpaired) electrons. The van der Waals surface area contributed by atoms with Crippen LogP contribution < -0.4 is 0 Å². The zero-order valence-corrected chi connectivity index (χ0v) is 8.93. The van der Waals surface area contributed by atoms with Crippen molar-refractivity contribution in [2.24, 2.45) is 5.11 Å². The van der Waals surface area contributed by atoms with Crippen LogP contribution in [0.3, 0.4) is 0 Å². The molecular formula is C9H9FN4O4. The molecule has 1 rings (SSSR count). The van der Waals surface area contributed by atoms with Crippen molar-refractivity contribution < 1.29 is 24.5 Å². The first-order valence-electron chi connectivity index (χ1n) is 4.73. The Balaban J connectivity index is 3.05. The van der Waals surface area contributed by atoms with Crippen molar-refractivity contribution in [2.45, 2.75) is 12.2 Å². The highest BCUT2D eigenvalue weighted by Gasteiger charge is 2.25. The fourth-order valence-electron chi connectivity index (χ4n) is 1.23. The van der Waals surface area contributed by atoms with E-state index in [4.69, 9.17) is 10.6 Å². The van der Waals surface area contributed by atoms with E-state index in [0.717, 1.165) is 12.3 Å². The van der Waals surface area contributed by atoms with Gasteiger partial charge in [-0.05, 0) is 11.6 Å². The predicted octanol–water partition coefficient (Wildman–Crippen LogP) is 0.623. The summed E-state index contributed by atoms with van der Waals surface area (Å²) in [5.41, 5.74) is 6.75. The molecule has 0 bridgehead atoms. The van der Waals surface area contributed by atoms with Gasteiger partial charge in [0.2, 0.25) is 0 Å². The van der Waals surface area contributed by atoms with Gasteiger partial charge in [0, 0.05) is 11.1 Å². The number of carboxylic acid groups (broad SMARTS) is 1. The molecule has 0 spiro atoms. The smallest absolute Gasteiger partial charge is 0.338 e. The molecule has 1 heterocycles. The molecule has 8 nitrogen and oxygen atoms in total. The number of carbonyl (C=O) groups is 1. The van der Waals surface area contributed by atoms with Crippen molar-refractivity contribution in [3.05, 3.63) is 39.8 Å². The normalized spacial score (nSPS) is 13.5. The van der Waals surface area contributed by atoms with Crippen LogP contribution in [0.5, 0.6) is 0 Å². The lowest BCUT2D eigenvalue weighted by Crippen LogP contribution is -2.24. The van der Waals surface area contributed by atoms with Crippen LogP contribution in [0.1, 0.15) is 22.2 Å². The largest absolute Gasteiger partial charge is 0.478 e. The number of aliphatic hydroxyl groups is 2. The van der Waals surface area contributed by atoms with Gasteiger partial charge in [-0.2, -0.15) is 0 Å². The number of aliphatic hydroxyl groups excluding tert-OH is 2. The first-order valence-corrected chi connectivity index (χ1v) is 4.73. The number of aromatic nitrogens is 1. The minimum Gasteiger partial charge on any atom is -0.478 e. The van der Waals surface area contributed by atoms with Gasteiger partial charge in [0.05, 0.1) is 18.2 Å². The first-order chi connectivity index (χ1) is 8.49. The van der Waals surface area contributed by atoms with Crippen molar-refractivity contribution in [2.75, 3.05) is 6.54 Å². The molecule has 0 aromatic carbocycles. The van der Waals surface area contributed by atoms with Crippen LogP contribution in [0.4, 0.5) is 4.39 Å². The Morgan fingerprint density at radius 3 is 2.83 bits per heavy atom. The molecule has 0 aliphatic heterocycles. The van der Waals surface area contributed by atoms with Crippen molar-refractivity contribution in [1.82, 2.24) is 4.98 Å². The number of halogens is 1. The minimum absolute atomic E-state index is 0.490. The second-order valence-corrected chi connectivity index (χ2v) is 3.29. The van der Waals surface area contributed by atoms with E-state index in [1.165, 1.54) is 0 Å². The molecule has 0 aliphatic rings. The van der Waals surface area contributed by atoms with Crippen molar-refractivity contribution >= 4 is 5.97 Å². The second-order valence-electron chi connectivity index (χ2n) is 3.29. The van der Waals surface area contributed by atoms with Gasteiger partial charge < -0.3 is 15.3 Å². The van der Waals surface area contributed by atoms with Crippen LogP contribution in [-0.4, -0.2) is 38.9 Å². The lowest BCUT2D eigenvalue weighted by Gasteiger charge is -2.16. The van der Waals surface area contributed by atoms with Crippen LogP contribution in [0, 0.1) is 5.82 Å². The third-order valence-electron chi connectivity index (χ3n) is 2.12. The molecule has 0 saturated carbocycles. The number of carboxylic acids is 1. The van der Waals surface area contributed by atoms with Gasteiger partial charge in [-0.25, -0.2) is 9.18 Å². The van der Waals surface area contributed by atoms with Crippen molar-refractivity contribution in [3.8, 4) is 0 Å². The molecule has 1 aromatic heterocycles. The minimum atomic E-state index is -1.78. The summed E-state index contributed by atoms with van der Waals surface area (Å²) in [5, 5.41) is 30.6. The Morgan fingerprint density at radius 1 is 1.61 bits per heavy atom. The number of aromatic carboxylic acids is 1. The van der Waals surface area contributed by atoms with Crippen molar-refractivity contribution in [1.29, 1.82) is 0 Å². The molecule has 3 N–H and O–H groups in total. The fourth-order valence-corrected chi connectivity index (χ4v) is 1.23. The number of hydrogen-bond acceptors (Lipinski definition) is 5. The maximum absolute atomic E-state index is 13.6. The van der Waals surface area contributed by atoms with Gasteiger partial charge in [-0.15, -0.1) is 0 Å². The fraction of sp³-hybridized carbons (Fsp3) is 0.333. The van der Waals surface area contributed by atoms with Crippen LogP contribution in [0.25, 0.3) is 10.4 Å². The summed E-state index contributed by atoms with van der Waals surface area (Å²) < 4.78 is 13.6. The Morgan fingerprint density at radius 2 is 2.28 bits per heavy atom. The van der Waals surface area contributed by atoms with E-state index in [0.29, 0.717) is 0 Å². The summed E-state index contributed by atoms with van der Waals surface area (Å²) >= 11 is 0. The van der Waals surface area contributed by atoms with Gasteiger partial charge in [0.25, 0.3) is 0 Å². The highest BCUT2D eigenvalue weighted by Crippen LogP contribution is 2.20. The topological polar surface area (TPSA) is 139 Å². The standard InChI is InChI=1S/C9H9FN4O4/c10-6-4(9(17)18)1-2-12-7(6)8(16)5(15)3-13-14-11/h1-2,5,8,15-16H,3H2,(H,17,18). The third-order valence-corrected chi connectivity index (χ3v) is 2.12. The van der Waals surface area contributed by atoms with Crippen LogP contribution in [-0.2, 0) is 0 Å². The van der Waals surface area contributed by atoms with E-state index in [9.17, 15) is 19.4 Å². The van der Waals surface area contributed by atoms with E-state index in [2.05, 4.69) is 15.0 Å². The number of hydrogen-bond donors (Lipinski definition) is 3. The predicted molar refractivity (Wildman–Crippen MR) is 56.1 cm³/mol. The monoisotopic (exact) mass is 256 g/mol. The molecule has 9 heteroatoms. The maximum atomic E-state index is 13.6.